The van der Waals surface area contributed by atoms with E-state index in [-0.39, 0.29) is 19.3 Å². The van der Waals surface area contributed by atoms with Crippen molar-refractivity contribution in [1.82, 2.24) is 5.32 Å². The average Bonchev–Trinajstić information content (AvgIpc) is 2.24. The number of benzene rings is 1. The number of halogens is 2. The fourth-order valence-electron chi connectivity index (χ4n) is 1.44. The fourth-order valence-corrected chi connectivity index (χ4v) is 1.44. The minimum absolute atomic E-state index is 0.237. The molecule has 0 heterocycles. The molecule has 1 aromatic carbocycles. The lowest BCUT2D eigenvalue weighted by Gasteiger charge is -2.20. The molecule has 90 valence electrons. The Labute approximate surface area is 92.7 Å². The number of rotatable bonds is 5. The molecule has 1 unspecified atom stereocenters. The van der Waals surface area contributed by atoms with Crippen molar-refractivity contribution in [3.05, 3.63) is 35.4 Å². The van der Waals surface area contributed by atoms with Crippen molar-refractivity contribution in [2.45, 2.75) is 19.0 Å². The number of hydrogen-bond acceptors (Lipinski definition) is 3. The molecule has 1 atom stereocenters. The topological polar surface area (TPSA) is 52.5 Å². The zero-order valence-electron chi connectivity index (χ0n) is 8.95. The first-order valence-electron chi connectivity index (χ1n) is 5.00. The van der Waals surface area contributed by atoms with Gasteiger partial charge in [0.05, 0.1) is 19.3 Å². The monoisotopic (exact) mass is 231 g/mol. The summed E-state index contributed by atoms with van der Waals surface area (Å²) in [5.74, 6) is -1.29. The van der Waals surface area contributed by atoms with Crippen LogP contribution in [-0.4, -0.2) is 29.5 Å². The third-order valence-corrected chi connectivity index (χ3v) is 2.31. The smallest absolute Gasteiger partial charge is 0.126 e. The summed E-state index contributed by atoms with van der Waals surface area (Å²) in [7, 11) is 0. The molecule has 0 aliphatic heterocycles. The summed E-state index contributed by atoms with van der Waals surface area (Å²) < 4.78 is 25.8. The lowest BCUT2D eigenvalue weighted by Crippen LogP contribution is -2.37. The Balaban J connectivity index is 2.75. The van der Waals surface area contributed by atoms with E-state index in [0.717, 1.165) is 6.07 Å². The zero-order chi connectivity index (χ0) is 12.1. The Morgan fingerprint density at radius 3 is 2.06 bits per heavy atom. The first-order chi connectivity index (χ1) is 7.56. The second-order valence-corrected chi connectivity index (χ2v) is 3.65. The molecule has 0 aliphatic carbocycles. The molecule has 0 aliphatic rings. The van der Waals surface area contributed by atoms with Gasteiger partial charge < -0.3 is 15.5 Å². The third kappa shape index (κ3) is 3.52. The van der Waals surface area contributed by atoms with Gasteiger partial charge in [0.1, 0.15) is 11.6 Å². The maximum Gasteiger partial charge on any atom is 0.126 e. The maximum absolute atomic E-state index is 12.9. The second-order valence-electron chi connectivity index (χ2n) is 3.65. The highest BCUT2D eigenvalue weighted by atomic mass is 19.1. The van der Waals surface area contributed by atoms with E-state index >= 15 is 0 Å². The second kappa shape index (κ2) is 5.89. The van der Waals surface area contributed by atoms with Gasteiger partial charge in [0.2, 0.25) is 0 Å². The predicted octanol–water partition coefficient (Wildman–Crippen LogP) is 0.969. The van der Waals surface area contributed by atoms with Crippen LogP contribution in [0.4, 0.5) is 8.78 Å². The molecule has 0 bridgehead atoms. The third-order valence-electron chi connectivity index (χ3n) is 2.31. The molecular formula is C11H15F2NO2. The van der Waals surface area contributed by atoms with Crippen LogP contribution in [0, 0.1) is 11.6 Å². The van der Waals surface area contributed by atoms with E-state index in [2.05, 4.69) is 5.32 Å². The Morgan fingerprint density at radius 2 is 1.62 bits per heavy atom. The largest absolute Gasteiger partial charge is 0.395 e. The lowest BCUT2D eigenvalue weighted by atomic mass is 10.1. The van der Waals surface area contributed by atoms with Gasteiger partial charge in [-0.1, -0.05) is 0 Å². The maximum atomic E-state index is 12.9. The molecule has 1 aromatic rings. The Bertz CT molecular complexity index is 323. The van der Waals surface area contributed by atoms with E-state index in [0.29, 0.717) is 5.56 Å². The normalized spacial score (nSPS) is 13.1. The number of aliphatic hydroxyl groups excluding tert-OH is 2. The Morgan fingerprint density at radius 1 is 1.12 bits per heavy atom. The SMILES string of the molecule is CC(NC(CO)CO)c1cc(F)cc(F)c1. The number of nitrogens with one attached hydrogen (secondary N) is 1. The van der Waals surface area contributed by atoms with Crippen molar-refractivity contribution in [2.24, 2.45) is 0 Å². The molecule has 3 nitrogen and oxygen atoms in total. The van der Waals surface area contributed by atoms with E-state index in [1.807, 2.05) is 0 Å². The molecular weight excluding hydrogens is 216 g/mol. The van der Waals surface area contributed by atoms with Gasteiger partial charge in [0.25, 0.3) is 0 Å². The lowest BCUT2D eigenvalue weighted by molar-refractivity contribution is 0.163. The van der Waals surface area contributed by atoms with E-state index in [1.54, 1.807) is 6.92 Å². The van der Waals surface area contributed by atoms with Crippen molar-refractivity contribution >= 4 is 0 Å². The predicted molar refractivity (Wildman–Crippen MR) is 55.9 cm³/mol. The Hall–Kier alpha value is -1.04. The highest BCUT2D eigenvalue weighted by molar-refractivity contribution is 5.21. The van der Waals surface area contributed by atoms with E-state index < -0.39 is 17.7 Å². The van der Waals surface area contributed by atoms with Crippen LogP contribution in [0.25, 0.3) is 0 Å². The van der Waals surface area contributed by atoms with Crippen molar-refractivity contribution in [3.8, 4) is 0 Å². The van der Waals surface area contributed by atoms with Gasteiger partial charge in [-0.3, -0.25) is 0 Å². The summed E-state index contributed by atoms with van der Waals surface area (Å²) in [5, 5.41) is 20.6. The summed E-state index contributed by atoms with van der Waals surface area (Å²) in [5.41, 5.74) is 0.435. The summed E-state index contributed by atoms with van der Waals surface area (Å²) in [6, 6.07) is 2.38. The summed E-state index contributed by atoms with van der Waals surface area (Å²) in [4.78, 5) is 0. The molecule has 0 radical (unpaired) electrons. The highest BCUT2D eigenvalue weighted by Gasteiger charge is 2.13. The molecule has 0 fully saturated rings. The van der Waals surface area contributed by atoms with Crippen molar-refractivity contribution < 1.29 is 19.0 Å². The minimum atomic E-state index is -0.645. The van der Waals surface area contributed by atoms with Crippen molar-refractivity contribution in [3.63, 3.8) is 0 Å². The summed E-state index contributed by atoms with van der Waals surface area (Å²) in [6.45, 7) is 1.23. The summed E-state index contributed by atoms with van der Waals surface area (Å²) in [6.07, 6.45) is 0. The van der Waals surface area contributed by atoms with E-state index in [1.165, 1.54) is 12.1 Å². The van der Waals surface area contributed by atoms with Gasteiger partial charge in [-0.25, -0.2) is 8.78 Å². The van der Waals surface area contributed by atoms with Crippen LogP contribution in [0.15, 0.2) is 18.2 Å². The van der Waals surface area contributed by atoms with Gasteiger partial charge in [-0.05, 0) is 24.6 Å². The molecule has 0 saturated heterocycles. The van der Waals surface area contributed by atoms with Crippen LogP contribution >= 0.6 is 0 Å². The standard InChI is InChI=1S/C11H15F2NO2/c1-7(14-11(5-15)6-16)8-2-9(12)4-10(13)3-8/h2-4,7,11,14-16H,5-6H2,1H3. The minimum Gasteiger partial charge on any atom is -0.395 e. The zero-order valence-corrected chi connectivity index (χ0v) is 8.95. The van der Waals surface area contributed by atoms with Crippen molar-refractivity contribution in [2.75, 3.05) is 13.2 Å². The molecule has 16 heavy (non-hydrogen) atoms. The van der Waals surface area contributed by atoms with Crippen molar-refractivity contribution in [1.29, 1.82) is 0 Å². The van der Waals surface area contributed by atoms with Crippen LogP contribution in [0.5, 0.6) is 0 Å². The van der Waals surface area contributed by atoms with Crippen LogP contribution in [-0.2, 0) is 0 Å². The number of hydrogen-bond donors (Lipinski definition) is 3. The summed E-state index contributed by atoms with van der Waals surface area (Å²) >= 11 is 0. The van der Waals surface area contributed by atoms with Gasteiger partial charge in [-0.2, -0.15) is 0 Å². The van der Waals surface area contributed by atoms with Gasteiger partial charge in [-0.15, -0.1) is 0 Å². The van der Waals surface area contributed by atoms with E-state index in [9.17, 15) is 8.78 Å². The molecule has 0 saturated carbocycles. The number of aliphatic hydroxyl groups is 2. The fraction of sp³-hybridized carbons (Fsp3) is 0.455. The van der Waals surface area contributed by atoms with Crippen LogP contribution < -0.4 is 5.32 Å². The molecule has 5 heteroatoms. The van der Waals surface area contributed by atoms with E-state index in [4.69, 9.17) is 10.2 Å². The first-order valence-corrected chi connectivity index (χ1v) is 5.00. The van der Waals surface area contributed by atoms with Gasteiger partial charge in [0, 0.05) is 12.1 Å². The molecule has 0 aromatic heterocycles. The molecule has 1 rings (SSSR count). The molecule has 3 N–H and O–H groups in total. The Kier molecular flexibility index (Phi) is 4.79. The van der Waals surface area contributed by atoms with Crippen LogP contribution in [0.2, 0.25) is 0 Å². The molecule has 0 spiro atoms. The van der Waals surface area contributed by atoms with Crippen LogP contribution in [0.1, 0.15) is 18.5 Å². The van der Waals surface area contributed by atoms with Gasteiger partial charge in [0.15, 0.2) is 0 Å². The van der Waals surface area contributed by atoms with Crippen LogP contribution in [0.3, 0.4) is 0 Å². The first kappa shape index (κ1) is 13.0. The highest BCUT2D eigenvalue weighted by Crippen LogP contribution is 2.16. The average molecular weight is 231 g/mol. The van der Waals surface area contributed by atoms with Gasteiger partial charge >= 0.3 is 0 Å². The molecule has 0 amide bonds. The quantitative estimate of drug-likeness (QED) is 0.707.